The van der Waals surface area contributed by atoms with Gasteiger partial charge in [0.2, 0.25) is 11.7 Å². The molecular formula is C8H10N2O4. The number of carboxylic acid groups (broad SMARTS) is 1. The van der Waals surface area contributed by atoms with Gasteiger partial charge in [-0.2, -0.15) is 0 Å². The minimum atomic E-state index is -1.11. The summed E-state index contributed by atoms with van der Waals surface area (Å²) in [6, 6.07) is -0.142. The average Bonchev–Trinajstić information content (AvgIpc) is 2.68. The summed E-state index contributed by atoms with van der Waals surface area (Å²) in [6.07, 6.45) is 1.20. The van der Waals surface area contributed by atoms with Gasteiger partial charge in [0.05, 0.1) is 19.4 Å². The van der Waals surface area contributed by atoms with Gasteiger partial charge in [-0.15, -0.1) is 0 Å². The van der Waals surface area contributed by atoms with E-state index in [1.54, 1.807) is 0 Å². The maximum atomic E-state index is 10.5. The third kappa shape index (κ3) is 1.75. The van der Waals surface area contributed by atoms with Crippen LogP contribution in [0.5, 0.6) is 0 Å². The first-order chi connectivity index (χ1) is 6.77. The number of morpholine rings is 1. The number of aromatic carboxylic acids is 1. The van der Waals surface area contributed by atoms with Crippen molar-refractivity contribution >= 4 is 5.97 Å². The zero-order valence-corrected chi connectivity index (χ0v) is 7.40. The molecule has 0 radical (unpaired) electrons. The Bertz CT molecular complexity index is 330. The minimum Gasteiger partial charge on any atom is -0.475 e. The second kappa shape index (κ2) is 3.77. The molecule has 1 saturated heterocycles. The first-order valence-electron chi connectivity index (χ1n) is 4.27. The van der Waals surface area contributed by atoms with Gasteiger partial charge in [0.1, 0.15) is 6.04 Å². The minimum absolute atomic E-state index is 0.142. The number of oxazole rings is 1. The van der Waals surface area contributed by atoms with E-state index < -0.39 is 5.97 Å². The van der Waals surface area contributed by atoms with E-state index in [-0.39, 0.29) is 11.8 Å². The number of hydrogen-bond acceptors (Lipinski definition) is 5. The molecule has 0 aromatic carbocycles. The van der Waals surface area contributed by atoms with Gasteiger partial charge in [-0.3, -0.25) is 0 Å². The summed E-state index contributed by atoms with van der Waals surface area (Å²) >= 11 is 0. The van der Waals surface area contributed by atoms with Crippen LogP contribution in [0.1, 0.15) is 22.5 Å². The Labute approximate surface area is 79.9 Å². The molecule has 76 valence electrons. The SMILES string of the molecule is O=C(O)c1cnc(C2COCCN2)o1. The fourth-order valence-electron chi connectivity index (χ4n) is 1.27. The predicted octanol–water partition coefficient (Wildman–Crippen LogP) is 0.0337. The summed E-state index contributed by atoms with van der Waals surface area (Å²) in [5.41, 5.74) is 0. The molecule has 0 aliphatic carbocycles. The third-order valence-electron chi connectivity index (χ3n) is 1.95. The number of hydrogen-bond donors (Lipinski definition) is 2. The normalized spacial score (nSPS) is 22.1. The Morgan fingerprint density at radius 2 is 2.57 bits per heavy atom. The van der Waals surface area contributed by atoms with Crippen molar-refractivity contribution in [2.24, 2.45) is 0 Å². The zero-order chi connectivity index (χ0) is 9.97. The Hall–Kier alpha value is -1.40. The van der Waals surface area contributed by atoms with Crippen molar-refractivity contribution in [3.05, 3.63) is 17.8 Å². The van der Waals surface area contributed by atoms with E-state index in [4.69, 9.17) is 14.3 Å². The van der Waals surface area contributed by atoms with Gasteiger partial charge in [-0.05, 0) is 0 Å². The van der Waals surface area contributed by atoms with Gasteiger partial charge < -0.3 is 19.6 Å². The summed E-state index contributed by atoms with van der Waals surface area (Å²) in [7, 11) is 0. The van der Waals surface area contributed by atoms with Crippen molar-refractivity contribution in [3.63, 3.8) is 0 Å². The van der Waals surface area contributed by atoms with Crippen molar-refractivity contribution in [2.75, 3.05) is 19.8 Å². The first-order valence-corrected chi connectivity index (χ1v) is 4.27. The van der Waals surface area contributed by atoms with E-state index in [1.807, 2.05) is 0 Å². The quantitative estimate of drug-likeness (QED) is 0.697. The van der Waals surface area contributed by atoms with Crippen LogP contribution in [0.25, 0.3) is 0 Å². The fraction of sp³-hybridized carbons (Fsp3) is 0.500. The van der Waals surface area contributed by atoms with Crippen molar-refractivity contribution < 1.29 is 19.1 Å². The van der Waals surface area contributed by atoms with Crippen LogP contribution in [-0.4, -0.2) is 35.8 Å². The van der Waals surface area contributed by atoms with Gasteiger partial charge in [0.25, 0.3) is 0 Å². The number of rotatable bonds is 2. The lowest BCUT2D eigenvalue weighted by atomic mass is 10.3. The predicted molar refractivity (Wildman–Crippen MR) is 45.0 cm³/mol. The number of aromatic nitrogens is 1. The van der Waals surface area contributed by atoms with E-state index >= 15 is 0 Å². The summed E-state index contributed by atoms with van der Waals surface area (Å²) < 4.78 is 10.2. The molecule has 1 atom stereocenters. The molecule has 6 nitrogen and oxygen atoms in total. The van der Waals surface area contributed by atoms with Crippen LogP contribution in [0.2, 0.25) is 0 Å². The number of nitrogens with one attached hydrogen (secondary N) is 1. The maximum absolute atomic E-state index is 10.5. The molecule has 14 heavy (non-hydrogen) atoms. The Morgan fingerprint density at radius 3 is 3.14 bits per heavy atom. The summed E-state index contributed by atoms with van der Waals surface area (Å²) in [4.78, 5) is 14.4. The molecule has 1 fully saturated rings. The summed E-state index contributed by atoms with van der Waals surface area (Å²) in [5.74, 6) is -0.894. The number of carboxylic acids is 1. The van der Waals surface area contributed by atoms with Crippen LogP contribution in [0, 0.1) is 0 Å². The Kier molecular flexibility index (Phi) is 2.47. The lowest BCUT2D eigenvalue weighted by Crippen LogP contribution is -2.34. The van der Waals surface area contributed by atoms with E-state index in [0.717, 1.165) is 6.54 Å². The standard InChI is InChI=1S/C8H10N2O4/c11-8(12)6-3-10-7(14-6)5-4-13-2-1-9-5/h3,5,9H,1-2,4H2,(H,11,12). The molecule has 1 unspecified atom stereocenters. The highest BCUT2D eigenvalue weighted by atomic mass is 16.5. The third-order valence-corrected chi connectivity index (χ3v) is 1.95. The topological polar surface area (TPSA) is 84.6 Å². The first kappa shape index (κ1) is 9.17. The Balaban J connectivity index is 2.11. The molecule has 2 rings (SSSR count). The van der Waals surface area contributed by atoms with Crippen LogP contribution in [0.15, 0.2) is 10.6 Å². The molecule has 1 aliphatic heterocycles. The monoisotopic (exact) mass is 198 g/mol. The molecule has 0 spiro atoms. The molecular weight excluding hydrogens is 188 g/mol. The maximum Gasteiger partial charge on any atom is 0.373 e. The number of nitrogens with zero attached hydrogens (tertiary/aromatic N) is 1. The second-order valence-corrected chi connectivity index (χ2v) is 2.95. The summed E-state index contributed by atoms with van der Waals surface area (Å²) in [6.45, 7) is 1.83. The van der Waals surface area contributed by atoms with E-state index in [9.17, 15) is 4.79 Å². The van der Waals surface area contributed by atoms with Crippen molar-refractivity contribution in [1.29, 1.82) is 0 Å². The van der Waals surface area contributed by atoms with E-state index in [2.05, 4.69) is 10.3 Å². The number of carbonyl (C=O) groups is 1. The van der Waals surface area contributed by atoms with Crippen LogP contribution in [0.4, 0.5) is 0 Å². The average molecular weight is 198 g/mol. The fourth-order valence-corrected chi connectivity index (χ4v) is 1.27. The molecule has 1 aliphatic rings. The Morgan fingerprint density at radius 1 is 1.71 bits per heavy atom. The lowest BCUT2D eigenvalue weighted by molar-refractivity contribution is 0.0609. The van der Waals surface area contributed by atoms with E-state index in [0.29, 0.717) is 19.1 Å². The van der Waals surface area contributed by atoms with Gasteiger partial charge in [-0.25, -0.2) is 9.78 Å². The molecule has 1 aromatic heterocycles. The molecule has 6 heteroatoms. The highest BCUT2D eigenvalue weighted by molar-refractivity contribution is 5.83. The van der Waals surface area contributed by atoms with Gasteiger partial charge in [0.15, 0.2) is 0 Å². The highest BCUT2D eigenvalue weighted by Gasteiger charge is 2.21. The van der Waals surface area contributed by atoms with Crippen LogP contribution in [0.3, 0.4) is 0 Å². The molecule has 0 bridgehead atoms. The van der Waals surface area contributed by atoms with Crippen LogP contribution in [-0.2, 0) is 4.74 Å². The van der Waals surface area contributed by atoms with Gasteiger partial charge in [-0.1, -0.05) is 0 Å². The molecule has 1 aromatic rings. The number of ether oxygens (including phenoxy) is 1. The van der Waals surface area contributed by atoms with Crippen LogP contribution < -0.4 is 5.32 Å². The lowest BCUT2D eigenvalue weighted by Gasteiger charge is -2.20. The second-order valence-electron chi connectivity index (χ2n) is 2.95. The van der Waals surface area contributed by atoms with Crippen LogP contribution >= 0.6 is 0 Å². The molecule has 2 N–H and O–H groups in total. The smallest absolute Gasteiger partial charge is 0.373 e. The largest absolute Gasteiger partial charge is 0.475 e. The zero-order valence-electron chi connectivity index (χ0n) is 7.40. The molecule has 2 heterocycles. The summed E-state index contributed by atoms with van der Waals surface area (Å²) in [5, 5.41) is 11.7. The highest BCUT2D eigenvalue weighted by Crippen LogP contribution is 2.15. The van der Waals surface area contributed by atoms with Gasteiger partial charge >= 0.3 is 5.97 Å². The van der Waals surface area contributed by atoms with Crippen molar-refractivity contribution in [3.8, 4) is 0 Å². The van der Waals surface area contributed by atoms with Gasteiger partial charge in [0, 0.05) is 6.54 Å². The molecule has 0 saturated carbocycles. The van der Waals surface area contributed by atoms with E-state index in [1.165, 1.54) is 6.20 Å². The van der Waals surface area contributed by atoms with Crippen molar-refractivity contribution in [2.45, 2.75) is 6.04 Å². The molecule has 0 amide bonds. The van der Waals surface area contributed by atoms with Crippen molar-refractivity contribution in [1.82, 2.24) is 10.3 Å².